The van der Waals surface area contributed by atoms with Crippen LogP contribution in [0.1, 0.15) is 5.56 Å². The average Bonchev–Trinajstić information content (AvgIpc) is 3.61. The van der Waals surface area contributed by atoms with Crippen molar-refractivity contribution in [3.8, 4) is 51.0 Å². The second-order valence-corrected chi connectivity index (χ2v) is 14.5. The Labute approximate surface area is 332 Å². The van der Waals surface area contributed by atoms with E-state index in [0.717, 1.165) is 76.2 Å². The molecule has 0 aliphatic rings. The summed E-state index contributed by atoms with van der Waals surface area (Å²) in [7, 11) is 0. The van der Waals surface area contributed by atoms with Gasteiger partial charge in [-0.1, -0.05) is 54.6 Å². The van der Waals surface area contributed by atoms with Crippen LogP contribution < -0.4 is 4.46 Å². The minimum atomic E-state index is 0.599. The number of fused-ring (bicyclic) bond motifs is 4. The summed E-state index contributed by atoms with van der Waals surface area (Å²) >= 11 is 3.22. The van der Waals surface area contributed by atoms with Gasteiger partial charge in [0.15, 0.2) is 0 Å². The van der Waals surface area contributed by atoms with Gasteiger partial charge in [0, 0.05) is 5.69 Å². The molecule has 0 aliphatic carbocycles. The van der Waals surface area contributed by atoms with Crippen molar-refractivity contribution in [1.82, 2.24) is 19.5 Å². The molecule has 1 radical (unpaired) electrons. The van der Waals surface area contributed by atoms with Crippen molar-refractivity contribution >= 4 is 65.0 Å². The molecule has 56 heavy (non-hydrogen) atoms. The van der Waals surface area contributed by atoms with Crippen LogP contribution in [0, 0.1) is 0 Å². The van der Waals surface area contributed by atoms with Gasteiger partial charge in [-0.05, 0) is 29.3 Å². The fourth-order valence-electron chi connectivity index (χ4n) is 7.60. The predicted molar refractivity (Wildman–Crippen MR) is 232 cm³/mol. The number of nitrogens with zero attached hydrogens (tertiary/aromatic N) is 5. The van der Waals surface area contributed by atoms with E-state index in [-0.39, 0.29) is 0 Å². The fourth-order valence-corrected chi connectivity index (χ4v) is 8.08. The number of hydrogen-bond acceptors (Lipinski definition) is 4. The van der Waals surface area contributed by atoms with Crippen molar-refractivity contribution < 1.29 is 0 Å². The van der Waals surface area contributed by atoms with Gasteiger partial charge in [-0.3, -0.25) is 0 Å². The average molecular weight is 782 g/mol. The van der Waals surface area contributed by atoms with E-state index < -0.39 is 0 Å². The van der Waals surface area contributed by atoms with E-state index >= 15 is 0 Å². The number of hydrogen-bond donors (Lipinski definition) is 0. The third kappa shape index (κ3) is 6.08. The van der Waals surface area contributed by atoms with E-state index in [1.165, 1.54) is 5.56 Å². The fraction of sp³-hybridized carbons (Fsp3) is 0. The van der Waals surface area contributed by atoms with Crippen molar-refractivity contribution in [2.24, 2.45) is 4.99 Å². The summed E-state index contributed by atoms with van der Waals surface area (Å²) in [6, 6.07) is 65.0. The maximum atomic E-state index is 5.31. The first-order valence-electron chi connectivity index (χ1n) is 18.5. The van der Waals surface area contributed by atoms with Gasteiger partial charge >= 0.3 is 244 Å². The van der Waals surface area contributed by atoms with Crippen LogP contribution in [-0.4, -0.2) is 41.7 Å². The Bertz CT molecular complexity index is 3080. The molecule has 263 valence electrons. The zero-order valence-electron chi connectivity index (χ0n) is 30.1. The van der Waals surface area contributed by atoms with E-state index in [1.807, 2.05) is 54.7 Å². The third-order valence-corrected chi connectivity index (χ3v) is 10.9. The first-order chi connectivity index (χ1) is 27.7. The van der Waals surface area contributed by atoms with Gasteiger partial charge in [-0.2, -0.15) is 0 Å². The second-order valence-electron chi connectivity index (χ2n) is 13.6. The van der Waals surface area contributed by atoms with E-state index in [2.05, 4.69) is 160 Å². The molecule has 0 unspecified atom stereocenters. The molecule has 0 spiro atoms. The first-order valence-corrected chi connectivity index (χ1v) is 19.4. The van der Waals surface area contributed by atoms with Crippen molar-refractivity contribution in [2.75, 3.05) is 0 Å². The zero-order valence-corrected chi connectivity index (χ0v) is 31.8. The van der Waals surface area contributed by atoms with Gasteiger partial charge in [0.2, 0.25) is 0 Å². The van der Waals surface area contributed by atoms with Crippen LogP contribution in [0.2, 0.25) is 0 Å². The Hall–Kier alpha value is -6.98. The van der Waals surface area contributed by atoms with E-state index in [0.29, 0.717) is 17.5 Å². The summed E-state index contributed by atoms with van der Waals surface area (Å²) in [4.78, 5) is 20.6. The first kappa shape index (κ1) is 33.6. The van der Waals surface area contributed by atoms with Gasteiger partial charge in [-0.15, -0.1) is 0 Å². The summed E-state index contributed by atoms with van der Waals surface area (Å²) < 4.78 is 3.32. The number of para-hydroxylation sites is 1. The maximum absolute atomic E-state index is 5.31. The molecule has 6 heteroatoms. The van der Waals surface area contributed by atoms with Crippen molar-refractivity contribution in [1.29, 1.82) is 0 Å². The molecule has 0 bridgehead atoms. The SMILES string of the molecule is [Se]c1ccc2c(-c3nc(-c4ccccc4)nc(-c4cccc5c4c4ccccc4n5-c4cccc(-c5ccccc5)c4)n3)cccc2c1N=Cc1ccccc1. The van der Waals surface area contributed by atoms with E-state index in [9.17, 15) is 0 Å². The summed E-state index contributed by atoms with van der Waals surface area (Å²) in [5.74, 6) is 1.82. The third-order valence-electron chi connectivity index (χ3n) is 10.2. The standard InChI is InChI=1S/C50H32N5Se/c56-45-30-29-38-39(47(45)51-32-33-15-4-1-5-16-33)24-13-25-40(38)49-52-48(35-19-8-3-9-20-35)53-50(54-49)42-26-14-28-44-46(42)41-23-10-11-27-43(41)55(44)37-22-12-21-36(31-37)34-17-6-2-7-18-34/h1-32H. The van der Waals surface area contributed by atoms with Crippen LogP contribution in [0.4, 0.5) is 5.69 Å². The van der Waals surface area contributed by atoms with Crippen molar-refractivity contribution in [3.05, 3.63) is 194 Å². The Morgan fingerprint density at radius 3 is 1.84 bits per heavy atom. The molecular formula is C50H32N5Se. The van der Waals surface area contributed by atoms with Crippen LogP contribution in [0.15, 0.2) is 193 Å². The van der Waals surface area contributed by atoms with Crippen LogP contribution >= 0.6 is 0 Å². The van der Waals surface area contributed by atoms with Crippen LogP contribution in [0.3, 0.4) is 0 Å². The quantitative estimate of drug-likeness (QED) is 0.120. The van der Waals surface area contributed by atoms with Crippen molar-refractivity contribution in [3.63, 3.8) is 0 Å². The van der Waals surface area contributed by atoms with Gasteiger partial charge in [0.1, 0.15) is 0 Å². The molecule has 10 aromatic rings. The number of aliphatic imine (C=N–C) groups is 1. The molecular weight excluding hydrogens is 750 g/mol. The number of aromatic nitrogens is 4. The van der Waals surface area contributed by atoms with Gasteiger partial charge in [-0.25, -0.2) is 0 Å². The molecule has 0 fully saturated rings. The minimum absolute atomic E-state index is 0.599. The molecule has 0 atom stereocenters. The Morgan fingerprint density at radius 1 is 0.446 bits per heavy atom. The number of benzene rings is 8. The molecule has 0 amide bonds. The van der Waals surface area contributed by atoms with Gasteiger partial charge < -0.3 is 0 Å². The monoisotopic (exact) mass is 782 g/mol. The molecule has 0 aliphatic heterocycles. The molecule has 2 heterocycles. The predicted octanol–water partition coefficient (Wildman–Crippen LogP) is 11.3. The molecule has 5 nitrogen and oxygen atoms in total. The molecule has 0 saturated heterocycles. The normalized spacial score (nSPS) is 11.6. The summed E-state index contributed by atoms with van der Waals surface area (Å²) in [6.07, 6.45) is 1.91. The van der Waals surface area contributed by atoms with Gasteiger partial charge in [0.25, 0.3) is 0 Å². The summed E-state index contributed by atoms with van der Waals surface area (Å²) in [5.41, 5.74) is 10.3. The van der Waals surface area contributed by atoms with E-state index in [1.54, 1.807) is 0 Å². The Kier molecular flexibility index (Phi) is 8.60. The topological polar surface area (TPSA) is 56.0 Å². The van der Waals surface area contributed by atoms with Crippen LogP contribution in [-0.2, 0) is 0 Å². The Morgan fingerprint density at radius 2 is 1.04 bits per heavy atom. The zero-order chi connectivity index (χ0) is 37.4. The van der Waals surface area contributed by atoms with E-state index in [4.69, 9.17) is 19.9 Å². The van der Waals surface area contributed by atoms with Crippen molar-refractivity contribution in [2.45, 2.75) is 0 Å². The Balaban J connectivity index is 1.19. The molecule has 8 aromatic carbocycles. The van der Waals surface area contributed by atoms with Crippen LogP contribution in [0.5, 0.6) is 0 Å². The van der Waals surface area contributed by atoms with Crippen LogP contribution in [0.25, 0.3) is 83.6 Å². The summed E-state index contributed by atoms with van der Waals surface area (Å²) in [5, 5.41) is 4.24. The van der Waals surface area contributed by atoms with Gasteiger partial charge in [0.05, 0.1) is 0 Å². The molecule has 0 saturated carbocycles. The molecule has 0 N–H and O–H groups in total. The summed E-state index contributed by atoms with van der Waals surface area (Å²) in [6.45, 7) is 0. The molecule has 10 rings (SSSR count). The number of rotatable bonds is 7. The second kappa shape index (κ2) is 14.3. The molecule has 2 aromatic heterocycles.